The number of aromatic hydroxyl groups is 1. The lowest BCUT2D eigenvalue weighted by molar-refractivity contribution is -0.00726. The molecule has 1 aromatic carbocycles. The summed E-state index contributed by atoms with van der Waals surface area (Å²) in [6, 6.07) is 11.3. The van der Waals surface area contributed by atoms with Gasteiger partial charge in [-0.3, -0.25) is 0 Å². The second kappa shape index (κ2) is 16.5. The Morgan fingerprint density at radius 3 is 2.68 bits per heavy atom. The van der Waals surface area contributed by atoms with Gasteiger partial charge in [-0.15, -0.1) is 0 Å². The molecule has 3 aromatic rings. The number of H-pyrrole nitrogens is 1. The molecule has 3 aliphatic carbocycles. The number of nitrogen functional groups attached to an aromatic ring is 1. The van der Waals surface area contributed by atoms with Gasteiger partial charge in [0, 0.05) is 54.8 Å². The number of ether oxygens (including phenoxy) is 1. The third-order valence-corrected chi connectivity index (χ3v) is 11.2. The molecule has 0 saturated carbocycles. The standard InChI is InChI=1S/C41H53N3O6/c1-2-25-6-3-4-8-35(47)41-29(10-9-25)18-27-11-12-28-20-36(48)39(24-33(28)32(27)23-37(41)49)50-38(34(46)14-17-45)21-30(19-31-7-5-15-43-31)26-13-16-44-40(42)22-26/h5,7,13,15-16,18,20,22,24-25,29-30,32,34-35,37-38,41,43,45-49H,2-4,6,8,11-12,14,17,19,21,23H2,1H3,(H2,42,44). The molecule has 0 radical (unpaired) electrons. The van der Waals surface area contributed by atoms with Crippen LogP contribution < -0.4 is 10.5 Å². The molecule has 2 heterocycles. The second-order valence-electron chi connectivity index (χ2n) is 14.5. The number of hydrogen-bond acceptors (Lipinski definition) is 8. The van der Waals surface area contributed by atoms with E-state index in [0.717, 1.165) is 60.9 Å². The van der Waals surface area contributed by atoms with Gasteiger partial charge in [-0.25, -0.2) is 4.98 Å². The van der Waals surface area contributed by atoms with Gasteiger partial charge in [0.1, 0.15) is 11.9 Å². The first-order valence-corrected chi connectivity index (χ1v) is 18.5. The number of aliphatic hydroxyl groups excluding tert-OH is 4. The summed E-state index contributed by atoms with van der Waals surface area (Å²) in [7, 11) is 0. The molecule has 50 heavy (non-hydrogen) atoms. The van der Waals surface area contributed by atoms with Crippen molar-refractivity contribution < 1.29 is 30.3 Å². The summed E-state index contributed by atoms with van der Waals surface area (Å²) in [4.78, 5) is 7.43. The molecule has 9 unspecified atom stereocenters. The lowest BCUT2D eigenvalue weighted by Crippen LogP contribution is -2.37. The molecule has 0 amide bonds. The average Bonchev–Trinajstić information content (AvgIpc) is 3.56. The number of nitrogens with zero attached hydrogens (tertiary/aromatic N) is 1. The topological polar surface area (TPSA) is 165 Å². The predicted molar refractivity (Wildman–Crippen MR) is 194 cm³/mol. The Bertz CT molecular complexity index is 1660. The van der Waals surface area contributed by atoms with Crippen LogP contribution in [0, 0.1) is 29.6 Å². The Balaban J connectivity index is 1.32. The number of anilines is 1. The monoisotopic (exact) mass is 683 g/mol. The number of aryl methyl sites for hydroxylation is 1. The Labute approximate surface area is 295 Å². The molecule has 9 heteroatoms. The zero-order valence-electron chi connectivity index (χ0n) is 29.0. The number of aromatic amines is 1. The fourth-order valence-corrected chi connectivity index (χ4v) is 8.40. The number of fused-ring (bicyclic) bond motifs is 4. The van der Waals surface area contributed by atoms with Crippen molar-refractivity contribution in [3.63, 3.8) is 0 Å². The zero-order chi connectivity index (χ0) is 35.2. The summed E-state index contributed by atoms with van der Waals surface area (Å²) >= 11 is 0. The summed E-state index contributed by atoms with van der Waals surface area (Å²) in [6.45, 7) is 1.95. The van der Waals surface area contributed by atoms with Crippen molar-refractivity contribution in [1.82, 2.24) is 9.97 Å². The molecule has 268 valence electrons. The first-order chi connectivity index (χ1) is 24.2. The first kappa shape index (κ1) is 36.0. The number of aromatic nitrogens is 2. The average molecular weight is 684 g/mol. The van der Waals surface area contributed by atoms with Gasteiger partial charge < -0.3 is 41.0 Å². The van der Waals surface area contributed by atoms with Crippen LogP contribution in [-0.2, 0) is 12.8 Å². The van der Waals surface area contributed by atoms with Crippen LogP contribution in [0.15, 0.2) is 60.4 Å². The smallest absolute Gasteiger partial charge is 0.161 e. The molecule has 9 atom stereocenters. The van der Waals surface area contributed by atoms with Gasteiger partial charge in [0.25, 0.3) is 0 Å². The number of phenolic OH excluding ortho intramolecular Hbond substituents is 1. The summed E-state index contributed by atoms with van der Waals surface area (Å²) in [5, 5.41) is 55.5. The lowest BCUT2D eigenvalue weighted by atomic mass is 9.76. The molecule has 0 aliphatic heterocycles. The van der Waals surface area contributed by atoms with Crippen LogP contribution >= 0.6 is 0 Å². The van der Waals surface area contributed by atoms with Crippen molar-refractivity contribution in [3.05, 3.63) is 82.8 Å². The predicted octanol–water partition coefficient (Wildman–Crippen LogP) is 5.52. The van der Waals surface area contributed by atoms with Crippen LogP contribution in [-0.4, -0.2) is 66.5 Å². The third kappa shape index (κ3) is 8.38. The Hall–Kier alpha value is -3.81. The number of benzene rings is 1. The van der Waals surface area contributed by atoms with E-state index in [1.807, 2.05) is 36.5 Å². The van der Waals surface area contributed by atoms with E-state index in [2.05, 4.69) is 34.8 Å². The van der Waals surface area contributed by atoms with E-state index in [1.54, 1.807) is 12.3 Å². The quantitative estimate of drug-likeness (QED) is 0.103. The minimum Gasteiger partial charge on any atom is -0.504 e. The van der Waals surface area contributed by atoms with Gasteiger partial charge in [-0.05, 0) is 110 Å². The largest absolute Gasteiger partial charge is 0.504 e. The normalized spacial score (nSPS) is 26.8. The molecule has 2 aromatic heterocycles. The highest BCUT2D eigenvalue weighted by Crippen LogP contribution is 2.48. The van der Waals surface area contributed by atoms with Crippen molar-refractivity contribution >= 4 is 5.82 Å². The van der Waals surface area contributed by atoms with Crippen molar-refractivity contribution in [2.45, 2.75) is 114 Å². The summed E-state index contributed by atoms with van der Waals surface area (Å²) in [6.07, 6.45) is 10.3. The molecule has 0 fully saturated rings. The number of allylic oxidation sites excluding steroid dienone is 2. The molecule has 6 rings (SSSR count). The lowest BCUT2D eigenvalue weighted by Gasteiger charge is -2.33. The molecule has 3 aliphatic rings. The fourth-order valence-electron chi connectivity index (χ4n) is 8.40. The van der Waals surface area contributed by atoms with Gasteiger partial charge in [-0.1, -0.05) is 43.3 Å². The molecular weight excluding hydrogens is 630 g/mol. The molecule has 0 bridgehead atoms. The van der Waals surface area contributed by atoms with E-state index in [0.29, 0.717) is 37.4 Å². The summed E-state index contributed by atoms with van der Waals surface area (Å²) in [5.74, 6) is 7.12. The van der Waals surface area contributed by atoms with E-state index in [-0.39, 0.29) is 48.2 Å². The first-order valence-electron chi connectivity index (χ1n) is 18.5. The maximum absolute atomic E-state index is 11.7. The van der Waals surface area contributed by atoms with E-state index in [4.69, 9.17) is 10.5 Å². The van der Waals surface area contributed by atoms with Gasteiger partial charge in [-0.2, -0.15) is 0 Å². The highest BCUT2D eigenvalue weighted by molar-refractivity contribution is 5.52. The number of phenols is 1. The van der Waals surface area contributed by atoms with Gasteiger partial charge in [0.15, 0.2) is 11.5 Å². The molecule has 9 nitrogen and oxygen atoms in total. The van der Waals surface area contributed by atoms with Crippen LogP contribution in [0.1, 0.15) is 98.9 Å². The number of nitrogens with two attached hydrogens (primary N) is 1. The van der Waals surface area contributed by atoms with Crippen molar-refractivity contribution in [1.29, 1.82) is 0 Å². The Morgan fingerprint density at radius 2 is 1.92 bits per heavy atom. The van der Waals surface area contributed by atoms with Crippen molar-refractivity contribution in [2.75, 3.05) is 12.3 Å². The third-order valence-electron chi connectivity index (χ3n) is 11.2. The van der Waals surface area contributed by atoms with Crippen LogP contribution in [0.4, 0.5) is 5.82 Å². The highest BCUT2D eigenvalue weighted by atomic mass is 16.5. The van der Waals surface area contributed by atoms with E-state index >= 15 is 0 Å². The van der Waals surface area contributed by atoms with Crippen LogP contribution in [0.25, 0.3) is 0 Å². The number of aliphatic hydroxyl groups is 4. The van der Waals surface area contributed by atoms with E-state index in [9.17, 15) is 25.5 Å². The number of rotatable bonds is 11. The van der Waals surface area contributed by atoms with Gasteiger partial charge in [0.2, 0.25) is 0 Å². The number of hydrogen-bond donors (Lipinski definition) is 7. The second-order valence-corrected chi connectivity index (χ2v) is 14.5. The SMILES string of the molecule is CCC1C#CC2C=C3CCc4cc(O)c(OC(CC(Cc5ccc[nH]5)c5ccnc(N)c5)C(O)CCO)cc4C3CC(O)C2C(O)CCCC1. The number of nitrogens with one attached hydrogen (secondary N) is 1. The fraction of sp³-hybridized carbons (Fsp3) is 0.537. The van der Waals surface area contributed by atoms with Crippen LogP contribution in [0.3, 0.4) is 0 Å². The van der Waals surface area contributed by atoms with Crippen LogP contribution in [0.2, 0.25) is 0 Å². The summed E-state index contributed by atoms with van der Waals surface area (Å²) < 4.78 is 6.55. The molecular formula is C41H53N3O6. The molecule has 8 N–H and O–H groups in total. The van der Waals surface area contributed by atoms with Crippen molar-refractivity contribution in [2.24, 2.45) is 17.8 Å². The Morgan fingerprint density at radius 1 is 1.08 bits per heavy atom. The minimum atomic E-state index is -1.01. The highest BCUT2D eigenvalue weighted by Gasteiger charge is 2.40. The number of pyridine rings is 1. The maximum Gasteiger partial charge on any atom is 0.161 e. The maximum atomic E-state index is 11.7. The molecule has 0 saturated heterocycles. The van der Waals surface area contributed by atoms with Gasteiger partial charge in [0.05, 0.1) is 18.3 Å². The zero-order valence-corrected chi connectivity index (χ0v) is 29.0. The van der Waals surface area contributed by atoms with Gasteiger partial charge >= 0.3 is 0 Å². The summed E-state index contributed by atoms with van der Waals surface area (Å²) in [5.41, 5.74) is 11.2. The van der Waals surface area contributed by atoms with E-state index < -0.39 is 24.4 Å². The Kier molecular flexibility index (Phi) is 11.9. The van der Waals surface area contributed by atoms with E-state index in [1.165, 1.54) is 5.57 Å². The van der Waals surface area contributed by atoms with Crippen LogP contribution in [0.5, 0.6) is 11.5 Å². The minimum absolute atomic E-state index is 0.0123. The molecule has 0 spiro atoms. The van der Waals surface area contributed by atoms with Crippen molar-refractivity contribution in [3.8, 4) is 23.3 Å².